The average Bonchev–Trinajstić information content (AvgIpc) is 2.79. The van der Waals surface area contributed by atoms with E-state index in [1.54, 1.807) is 14.2 Å². The van der Waals surface area contributed by atoms with Crippen LogP contribution >= 0.6 is 0 Å². The van der Waals surface area contributed by atoms with E-state index < -0.39 is 0 Å². The zero-order valence-electron chi connectivity index (χ0n) is 11.7. The van der Waals surface area contributed by atoms with Gasteiger partial charge in [0, 0.05) is 28.9 Å². The topological polar surface area (TPSA) is 73.2 Å². The van der Waals surface area contributed by atoms with Crippen LogP contribution in [0.4, 0.5) is 0 Å². The maximum atomic E-state index is 5.74. The fourth-order valence-electron chi connectivity index (χ4n) is 2.34. The Bertz CT molecular complexity index is 591. The molecule has 1 aromatic carbocycles. The molecule has 5 nitrogen and oxygen atoms in total. The summed E-state index contributed by atoms with van der Waals surface area (Å²) in [5, 5.41) is 7.19. The van der Waals surface area contributed by atoms with Crippen molar-refractivity contribution in [2.24, 2.45) is 5.73 Å². The molecule has 0 unspecified atom stereocenters. The molecule has 0 bridgehead atoms. The van der Waals surface area contributed by atoms with E-state index in [4.69, 9.17) is 15.2 Å². The van der Waals surface area contributed by atoms with Gasteiger partial charge in [0.25, 0.3) is 0 Å². The van der Waals surface area contributed by atoms with E-state index >= 15 is 0 Å². The third kappa shape index (κ3) is 2.17. The minimum Gasteiger partial charge on any atom is -0.496 e. The monoisotopic (exact) mass is 261 g/mol. The summed E-state index contributed by atoms with van der Waals surface area (Å²) in [7, 11) is 3.30. The van der Waals surface area contributed by atoms with Crippen LogP contribution in [-0.2, 0) is 6.54 Å². The second kappa shape index (κ2) is 5.32. The fraction of sp³-hybridized carbons (Fsp3) is 0.357. The Balaban J connectivity index is 2.68. The number of hydrogen-bond acceptors (Lipinski definition) is 4. The smallest absolute Gasteiger partial charge is 0.133 e. The number of rotatable bonds is 4. The van der Waals surface area contributed by atoms with Gasteiger partial charge in [-0.2, -0.15) is 5.10 Å². The van der Waals surface area contributed by atoms with E-state index in [0.29, 0.717) is 6.54 Å². The molecule has 0 amide bonds. The van der Waals surface area contributed by atoms with Crippen LogP contribution in [0.1, 0.15) is 17.0 Å². The molecule has 1 aromatic heterocycles. The molecule has 0 radical (unpaired) electrons. The lowest BCUT2D eigenvalue weighted by Gasteiger charge is -2.15. The molecule has 0 aliphatic carbocycles. The first kappa shape index (κ1) is 13.4. The molecule has 0 atom stereocenters. The van der Waals surface area contributed by atoms with Gasteiger partial charge < -0.3 is 15.2 Å². The molecule has 0 fully saturated rings. The molecule has 102 valence electrons. The number of nitrogens with one attached hydrogen (secondary N) is 1. The highest BCUT2D eigenvalue weighted by atomic mass is 16.5. The highest BCUT2D eigenvalue weighted by molar-refractivity contribution is 5.77. The van der Waals surface area contributed by atoms with E-state index in [2.05, 4.69) is 10.2 Å². The van der Waals surface area contributed by atoms with Crippen LogP contribution < -0.4 is 15.2 Å². The summed E-state index contributed by atoms with van der Waals surface area (Å²) in [6.07, 6.45) is 0. The molecule has 0 aliphatic rings. The normalized spacial score (nSPS) is 10.6. The summed E-state index contributed by atoms with van der Waals surface area (Å²) in [6, 6.07) is 3.90. The molecular formula is C14H19N3O2. The highest BCUT2D eigenvalue weighted by Gasteiger charge is 2.18. The first-order valence-electron chi connectivity index (χ1n) is 6.09. The summed E-state index contributed by atoms with van der Waals surface area (Å²) in [5.74, 6) is 1.59. The molecular weight excluding hydrogens is 242 g/mol. The summed E-state index contributed by atoms with van der Waals surface area (Å²) in [5.41, 5.74) is 10.5. The van der Waals surface area contributed by atoms with Crippen LogP contribution in [-0.4, -0.2) is 24.4 Å². The van der Waals surface area contributed by atoms with Crippen molar-refractivity contribution in [2.45, 2.75) is 20.4 Å². The van der Waals surface area contributed by atoms with Gasteiger partial charge in [0.05, 0.1) is 19.9 Å². The van der Waals surface area contributed by atoms with Crippen molar-refractivity contribution < 1.29 is 9.47 Å². The Morgan fingerprint density at radius 2 is 1.95 bits per heavy atom. The lowest BCUT2D eigenvalue weighted by molar-refractivity contribution is 0.390. The molecule has 0 saturated heterocycles. The molecule has 0 spiro atoms. The third-order valence-corrected chi connectivity index (χ3v) is 3.27. The van der Waals surface area contributed by atoms with E-state index in [1.165, 1.54) is 0 Å². The number of H-pyrrole nitrogens is 1. The Morgan fingerprint density at radius 3 is 2.53 bits per heavy atom. The number of aromatic amines is 1. The fourth-order valence-corrected chi connectivity index (χ4v) is 2.34. The van der Waals surface area contributed by atoms with Crippen molar-refractivity contribution in [3.8, 4) is 22.6 Å². The van der Waals surface area contributed by atoms with Crippen LogP contribution in [0.3, 0.4) is 0 Å². The number of aryl methyl sites for hydroxylation is 1. The van der Waals surface area contributed by atoms with Gasteiger partial charge in [-0.1, -0.05) is 0 Å². The number of hydrogen-bond donors (Lipinski definition) is 2. The maximum absolute atomic E-state index is 5.74. The molecule has 5 heteroatoms. The lowest BCUT2D eigenvalue weighted by atomic mass is 9.99. The van der Waals surface area contributed by atoms with E-state index in [9.17, 15) is 0 Å². The van der Waals surface area contributed by atoms with Gasteiger partial charge in [-0.25, -0.2) is 0 Å². The van der Waals surface area contributed by atoms with E-state index in [0.717, 1.165) is 39.6 Å². The zero-order valence-corrected chi connectivity index (χ0v) is 11.7. The summed E-state index contributed by atoms with van der Waals surface area (Å²) >= 11 is 0. The van der Waals surface area contributed by atoms with Gasteiger partial charge in [-0.05, 0) is 26.0 Å². The second-order valence-electron chi connectivity index (χ2n) is 4.35. The Labute approximate surface area is 112 Å². The standard InChI is InChI=1S/C14H19N3O2/c1-8-12(18-3)6-5-10(14(8)19-4)13-9(2)16-17-11(13)7-15/h5-6H,7,15H2,1-4H3,(H,16,17). The Morgan fingerprint density at radius 1 is 1.21 bits per heavy atom. The van der Waals surface area contributed by atoms with Gasteiger partial charge in [0.1, 0.15) is 11.5 Å². The molecule has 19 heavy (non-hydrogen) atoms. The highest BCUT2D eigenvalue weighted by Crippen LogP contribution is 2.39. The molecule has 1 heterocycles. The minimum atomic E-state index is 0.383. The van der Waals surface area contributed by atoms with Gasteiger partial charge in [-0.15, -0.1) is 0 Å². The van der Waals surface area contributed by atoms with Crippen LogP contribution in [0.5, 0.6) is 11.5 Å². The van der Waals surface area contributed by atoms with Crippen molar-refractivity contribution in [1.29, 1.82) is 0 Å². The van der Waals surface area contributed by atoms with Gasteiger partial charge in [0.2, 0.25) is 0 Å². The van der Waals surface area contributed by atoms with Crippen molar-refractivity contribution in [3.63, 3.8) is 0 Å². The molecule has 2 rings (SSSR count). The van der Waals surface area contributed by atoms with Crippen molar-refractivity contribution in [3.05, 3.63) is 29.1 Å². The van der Waals surface area contributed by atoms with Gasteiger partial charge in [-0.3, -0.25) is 5.10 Å². The van der Waals surface area contributed by atoms with Gasteiger partial charge in [0.15, 0.2) is 0 Å². The Kier molecular flexibility index (Phi) is 3.76. The largest absolute Gasteiger partial charge is 0.496 e. The van der Waals surface area contributed by atoms with Crippen molar-refractivity contribution in [2.75, 3.05) is 14.2 Å². The average molecular weight is 261 g/mol. The van der Waals surface area contributed by atoms with Gasteiger partial charge >= 0.3 is 0 Å². The number of nitrogens with two attached hydrogens (primary N) is 1. The van der Waals surface area contributed by atoms with Crippen LogP contribution in [0.25, 0.3) is 11.1 Å². The third-order valence-electron chi connectivity index (χ3n) is 3.27. The van der Waals surface area contributed by atoms with E-state index in [1.807, 2.05) is 26.0 Å². The summed E-state index contributed by atoms with van der Waals surface area (Å²) < 4.78 is 10.9. The number of aromatic nitrogens is 2. The predicted octanol–water partition coefficient (Wildman–Crippen LogP) is 2.17. The molecule has 2 aromatic rings. The quantitative estimate of drug-likeness (QED) is 0.884. The first-order valence-corrected chi connectivity index (χ1v) is 6.09. The Hall–Kier alpha value is -2.01. The van der Waals surface area contributed by atoms with Crippen molar-refractivity contribution in [1.82, 2.24) is 10.2 Å². The summed E-state index contributed by atoms with van der Waals surface area (Å²) in [6.45, 7) is 4.33. The number of nitrogens with zero attached hydrogens (tertiary/aromatic N) is 1. The minimum absolute atomic E-state index is 0.383. The van der Waals surface area contributed by atoms with Crippen LogP contribution in [0.15, 0.2) is 12.1 Å². The number of methoxy groups -OCH3 is 2. The van der Waals surface area contributed by atoms with Crippen LogP contribution in [0.2, 0.25) is 0 Å². The summed E-state index contributed by atoms with van der Waals surface area (Å²) in [4.78, 5) is 0. The SMILES string of the molecule is COc1ccc(-c2c(CN)n[nH]c2C)c(OC)c1C. The molecule has 0 saturated carbocycles. The molecule has 3 N–H and O–H groups in total. The van der Waals surface area contributed by atoms with Crippen LogP contribution in [0, 0.1) is 13.8 Å². The maximum Gasteiger partial charge on any atom is 0.133 e. The lowest BCUT2D eigenvalue weighted by Crippen LogP contribution is -2.01. The first-order chi connectivity index (χ1) is 9.13. The zero-order chi connectivity index (χ0) is 14.0. The molecule has 0 aliphatic heterocycles. The number of benzene rings is 1. The second-order valence-corrected chi connectivity index (χ2v) is 4.35. The van der Waals surface area contributed by atoms with E-state index in [-0.39, 0.29) is 0 Å². The number of ether oxygens (including phenoxy) is 2. The predicted molar refractivity (Wildman–Crippen MR) is 74.5 cm³/mol. The van der Waals surface area contributed by atoms with Crippen molar-refractivity contribution >= 4 is 0 Å².